The highest BCUT2D eigenvalue weighted by Crippen LogP contribution is 2.20. The van der Waals surface area contributed by atoms with Gasteiger partial charge in [-0.25, -0.2) is 0 Å². The molecule has 0 radical (unpaired) electrons. The summed E-state index contributed by atoms with van der Waals surface area (Å²) in [6.07, 6.45) is 1.86. The van der Waals surface area contributed by atoms with Gasteiger partial charge in [-0.15, -0.1) is 0 Å². The summed E-state index contributed by atoms with van der Waals surface area (Å²) in [5.74, 6) is 0.127. The Morgan fingerprint density at radius 1 is 1.17 bits per heavy atom. The number of nitro benzene ring substituents is 1. The predicted octanol–water partition coefficient (Wildman–Crippen LogP) is 3.81. The Morgan fingerprint density at radius 2 is 1.92 bits per heavy atom. The number of amides is 1. The van der Waals surface area contributed by atoms with Crippen LogP contribution in [-0.2, 0) is 4.79 Å². The largest absolute Gasteiger partial charge is 0.483 e. The molecule has 0 aliphatic heterocycles. The maximum atomic E-state index is 12.5. The second kappa shape index (κ2) is 8.67. The highest BCUT2D eigenvalue weighted by Gasteiger charge is 2.16. The van der Waals surface area contributed by atoms with Crippen molar-refractivity contribution in [1.29, 1.82) is 0 Å². The van der Waals surface area contributed by atoms with E-state index in [1.54, 1.807) is 11.0 Å². The van der Waals surface area contributed by atoms with Gasteiger partial charge in [-0.2, -0.15) is 0 Å². The molecular weight excluding hydrogens is 308 g/mol. The van der Waals surface area contributed by atoms with Crippen LogP contribution in [0.2, 0.25) is 0 Å². The van der Waals surface area contributed by atoms with Crippen LogP contribution in [0.25, 0.3) is 0 Å². The summed E-state index contributed by atoms with van der Waals surface area (Å²) < 4.78 is 5.45. The van der Waals surface area contributed by atoms with E-state index in [2.05, 4.69) is 6.92 Å². The number of hydrogen-bond donors (Lipinski definition) is 0. The summed E-state index contributed by atoms with van der Waals surface area (Å²) in [5.41, 5.74) is 0.754. The van der Waals surface area contributed by atoms with E-state index in [0.29, 0.717) is 12.3 Å². The molecule has 0 bridgehead atoms. The number of benzene rings is 2. The molecule has 6 heteroatoms. The van der Waals surface area contributed by atoms with Crippen molar-refractivity contribution < 1.29 is 14.5 Å². The number of carbonyl (C=O) groups excluding carboxylic acids is 1. The van der Waals surface area contributed by atoms with E-state index in [4.69, 9.17) is 4.74 Å². The third kappa shape index (κ3) is 4.81. The van der Waals surface area contributed by atoms with Gasteiger partial charge in [0.2, 0.25) is 0 Å². The van der Waals surface area contributed by atoms with Crippen LogP contribution in [0.3, 0.4) is 0 Å². The van der Waals surface area contributed by atoms with E-state index in [9.17, 15) is 14.9 Å². The fourth-order valence-corrected chi connectivity index (χ4v) is 2.23. The van der Waals surface area contributed by atoms with Gasteiger partial charge < -0.3 is 9.64 Å². The molecular formula is C18H20N2O4. The zero-order valence-electron chi connectivity index (χ0n) is 13.6. The summed E-state index contributed by atoms with van der Waals surface area (Å²) in [6.45, 7) is 2.50. The van der Waals surface area contributed by atoms with Crippen molar-refractivity contribution in [3.8, 4) is 5.75 Å². The first-order valence-electron chi connectivity index (χ1n) is 7.84. The Kier molecular flexibility index (Phi) is 6.31. The number of nitro groups is 1. The van der Waals surface area contributed by atoms with Gasteiger partial charge in [0.15, 0.2) is 6.61 Å². The second-order valence-electron chi connectivity index (χ2n) is 5.28. The summed E-state index contributed by atoms with van der Waals surface area (Å²) in [5, 5.41) is 10.8. The lowest BCUT2D eigenvalue weighted by Crippen LogP contribution is -2.35. The quantitative estimate of drug-likeness (QED) is 0.545. The molecule has 0 fully saturated rings. The normalized spacial score (nSPS) is 10.2. The van der Waals surface area contributed by atoms with Crippen LogP contribution in [0.4, 0.5) is 11.4 Å². The van der Waals surface area contributed by atoms with Crippen LogP contribution in [-0.4, -0.2) is 24.0 Å². The molecule has 0 heterocycles. The van der Waals surface area contributed by atoms with Crippen molar-refractivity contribution in [3.63, 3.8) is 0 Å². The van der Waals surface area contributed by atoms with E-state index in [1.165, 1.54) is 18.2 Å². The second-order valence-corrected chi connectivity index (χ2v) is 5.28. The minimum Gasteiger partial charge on any atom is -0.483 e. The van der Waals surface area contributed by atoms with Crippen LogP contribution >= 0.6 is 0 Å². The van der Waals surface area contributed by atoms with Crippen molar-refractivity contribution >= 4 is 17.3 Å². The summed E-state index contributed by atoms with van der Waals surface area (Å²) >= 11 is 0. The maximum Gasteiger partial charge on any atom is 0.273 e. The predicted molar refractivity (Wildman–Crippen MR) is 92.3 cm³/mol. The Hall–Kier alpha value is -2.89. The monoisotopic (exact) mass is 328 g/mol. The molecule has 0 unspecified atom stereocenters. The number of non-ortho nitro benzene ring substituents is 1. The van der Waals surface area contributed by atoms with Gasteiger partial charge >= 0.3 is 0 Å². The van der Waals surface area contributed by atoms with Crippen molar-refractivity contribution in [1.82, 2.24) is 0 Å². The number of ether oxygens (including phenoxy) is 1. The zero-order valence-corrected chi connectivity index (χ0v) is 13.6. The lowest BCUT2D eigenvalue weighted by Gasteiger charge is -2.22. The zero-order chi connectivity index (χ0) is 17.4. The lowest BCUT2D eigenvalue weighted by atomic mass is 10.2. The van der Waals surface area contributed by atoms with Gasteiger partial charge in [0.05, 0.1) is 11.0 Å². The number of hydrogen-bond acceptors (Lipinski definition) is 4. The lowest BCUT2D eigenvalue weighted by molar-refractivity contribution is -0.384. The average molecular weight is 328 g/mol. The summed E-state index contributed by atoms with van der Waals surface area (Å²) in [7, 11) is 0. The number of para-hydroxylation sites is 1. The van der Waals surface area contributed by atoms with Crippen LogP contribution in [0.5, 0.6) is 5.75 Å². The maximum absolute atomic E-state index is 12.5. The number of rotatable bonds is 8. The van der Waals surface area contributed by atoms with Gasteiger partial charge in [0, 0.05) is 18.3 Å². The molecule has 1 amide bonds. The molecule has 2 aromatic rings. The fourth-order valence-electron chi connectivity index (χ4n) is 2.23. The van der Waals surface area contributed by atoms with Gasteiger partial charge in [0.1, 0.15) is 5.75 Å². The van der Waals surface area contributed by atoms with Crippen LogP contribution in [0.1, 0.15) is 19.8 Å². The van der Waals surface area contributed by atoms with E-state index < -0.39 is 4.92 Å². The minimum absolute atomic E-state index is 0.0640. The number of nitrogens with zero attached hydrogens (tertiary/aromatic N) is 2. The van der Waals surface area contributed by atoms with E-state index >= 15 is 0 Å². The fraction of sp³-hybridized carbons (Fsp3) is 0.278. The molecule has 126 valence electrons. The van der Waals surface area contributed by atoms with Gasteiger partial charge in [0.25, 0.3) is 11.6 Å². The van der Waals surface area contributed by atoms with Crippen LogP contribution in [0.15, 0.2) is 54.6 Å². The number of anilines is 1. The van der Waals surface area contributed by atoms with Crippen molar-refractivity contribution in [3.05, 3.63) is 64.7 Å². The van der Waals surface area contributed by atoms with E-state index in [-0.39, 0.29) is 18.2 Å². The van der Waals surface area contributed by atoms with E-state index in [0.717, 1.165) is 18.5 Å². The number of carbonyl (C=O) groups is 1. The molecule has 0 aliphatic rings. The molecule has 0 aliphatic carbocycles. The van der Waals surface area contributed by atoms with E-state index in [1.807, 2.05) is 30.3 Å². The molecule has 0 aromatic heterocycles. The first-order valence-corrected chi connectivity index (χ1v) is 7.84. The highest BCUT2D eigenvalue weighted by molar-refractivity contribution is 5.94. The Morgan fingerprint density at radius 3 is 2.58 bits per heavy atom. The van der Waals surface area contributed by atoms with Gasteiger partial charge in [-0.3, -0.25) is 14.9 Å². The van der Waals surface area contributed by atoms with Crippen molar-refractivity contribution in [2.45, 2.75) is 19.8 Å². The summed E-state index contributed by atoms with van der Waals surface area (Å²) in [6, 6.07) is 15.2. The van der Waals surface area contributed by atoms with Crippen LogP contribution < -0.4 is 9.64 Å². The highest BCUT2D eigenvalue weighted by atomic mass is 16.6. The third-order valence-electron chi connectivity index (χ3n) is 3.49. The minimum atomic E-state index is -0.494. The number of unbranched alkanes of at least 4 members (excludes halogenated alkanes) is 1. The first kappa shape index (κ1) is 17.5. The molecule has 6 nitrogen and oxygen atoms in total. The Bertz CT molecular complexity index is 688. The molecule has 0 saturated carbocycles. The van der Waals surface area contributed by atoms with Crippen LogP contribution in [0, 0.1) is 10.1 Å². The summed E-state index contributed by atoms with van der Waals surface area (Å²) in [4.78, 5) is 24.5. The molecule has 0 spiro atoms. The van der Waals surface area contributed by atoms with Crippen molar-refractivity contribution in [2.75, 3.05) is 18.1 Å². The van der Waals surface area contributed by atoms with Gasteiger partial charge in [-0.05, 0) is 24.6 Å². The van der Waals surface area contributed by atoms with Gasteiger partial charge in [-0.1, -0.05) is 37.6 Å². The molecule has 0 N–H and O–H groups in total. The molecule has 2 rings (SSSR count). The standard InChI is InChI=1S/C18H20N2O4/c1-2-3-12-19(15-8-5-4-6-9-15)18(21)14-24-17-11-7-10-16(13-17)20(22)23/h4-11,13H,2-3,12,14H2,1H3. The SMILES string of the molecule is CCCCN(C(=O)COc1cccc([N+](=O)[O-])c1)c1ccccc1. The Labute approximate surface area is 140 Å². The first-order chi connectivity index (χ1) is 11.6. The average Bonchev–Trinajstić information content (AvgIpc) is 2.61. The molecule has 2 aromatic carbocycles. The molecule has 0 atom stereocenters. The Balaban J connectivity index is 2.05. The molecule has 24 heavy (non-hydrogen) atoms. The molecule has 0 saturated heterocycles. The smallest absolute Gasteiger partial charge is 0.273 e. The topological polar surface area (TPSA) is 72.7 Å². The van der Waals surface area contributed by atoms with Crippen molar-refractivity contribution in [2.24, 2.45) is 0 Å². The third-order valence-corrected chi connectivity index (χ3v) is 3.49.